The summed E-state index contributed by atoms with van der Waals surface area (Å²) in [5, 5.41) is 0. The quantitative estimate of drug-likeness (QED) is 0.865. The van der Waals surface area contributed by atoms with E-state index in [1.165, 1.54) is 0 Å². The monoisotopic (exact) mass is 282 g/mol. The van der Waals surface area contributed by atoms with Gasteiger partial charge in [-0.05, 0) is 6.07 Å². The first-order chi connectivity index (χ1) is 10.3. The molecule has 0 aliphatic carbocycles. The summed E-state index contributed by atoms with van der Waals surface area (Å²) < 4.78 is 6.24. The fourth-order valence-electron chi connectivity index (χ4n) is 3.38. The van der Waals surface area contributed by atoms with Crippen LogP contribution in [0, 0.1) is 0 Å². The zero-order valence-electron chi connectivity index (χ0n) is 11.8. The van der Waals surface area contributed by atoms with Gasteiger partial charge in [0.2, 0.25) is 0 Å². The van der Waals surface area contributed by atoms with Crippen LogP contribution in [0.1, 0.15) is 24.4 Å². The van der Waals surface area contributed by atoms with E-state index in [0.29, 0.717) is 0 Å². The Morgan fingerprint density at radius 1 is 1.19 bits per heavy atom. The first-order valence-corrected chi connectivity index (χ1v) is 7.33. The van der Waals surface area contributed by atoms with Crippen molar-refractivity contribution < 1.29 is 4.74 Å². The number of ether oxygens (including phenoxy) is 1. The zero-order chi connectivity index (χ0) is 14.3. The van der Waals surface area contributed by atoms with Crippen LogP contribution >= 0.6 is 0 Å². The first kappa shape index (κ1) is 12.6. The normalized spacial score (nSPS) is 22.9. The van der Waals surface area contributed by atoms with E-state index < -0.39 is 0 Å². The molecule has 1 spiro atoms. The van der Waals surface area contributed by atoms with Crippen molar-refractivity contribution in [3.8, 4) is 5.75 Å². The van der Waals surface area contributed by atoms with Crippen LogP contribution in [-0.4, -0.2) is 28.7 Å². The summed E-state index contributed by atoms with van der Waals surface area (Å²) >= 11 is 0. The SMILES string of the molecule is NC1c2ccccc2OC12CCN(c1cnccn1)CC2. The predicted octanol–water partition coefficient (Wildman–Crippen LogP) is 1.91. The Hall–Kier alpha value is -2.14. The van der Waals surface area contributed by atoms with E-state index in [-0.39, 0.29) is 11.6 Å². The second kappa shape index (κ2) is 4.70. The minimum atomic E-state index is -0.262. The summed E-state index contributed by atoms with van der Waals surface area (Å²) in [6.07, 6.45) is 7.04. The third-order valence-corrected chi connectivity index (χ3v) is 4.62. The van der Waals surface area contributed by atoms with Gasteiger partial charge in [0.25, 0.3) is 0 Å². The van der Waals surface area contributed by atoms with Gasteiger partial charge in [-0.15, -0.1) is 0 Å². The van der Waals surface area contributed by atoms with E-state index in [9.17, 15) is 0 Å². The van der Waals surface area contributed by atoms with Crippen molar-refractivity contribution in [2.75, 3.05) is 18.0 Å². The molecule has 0 bridgehead atoms. The van der Waals surface area contributed by atoms with E-state index in [1.54, 1.807) is 12.4 Å². The van der Waals surface area contributed by atoms with Crippen molar-refractivity contribution >= 4 is 5.82 Å². The number of fused-ring (bicyclic) bond motifs is 1. The van der Waals surface area contributed by atoms with Gasteiger partial charge in [-0.2, -0.15) is 0 Å². The second-order valence-corrected chi connectivity index (χ2v) is 5.73. The van der Waals surface area contributed by atoms with Crippen LogP contribution in [-0.2, 0) is 0 Å². The van der Waals surface area contributed by atoms with Gasteiger partial charge in [0, 0.05) is 43.9 Å². The molecule has 0 saturated carbocycles. The Morgan fingerprint density at radius 3 is 2.71 bits per heavy atom. The average Bonchev–Trinajstić information content (AvgIpc) is 2.82. The van der Waals surface area contributed by atoms with Crippen molar-refractivity contribution in [3.05, 3.63) is 48.4 Å². The number of hydrogen-bond acceptors (Lipinski definition) is 5. The summed E-state index contributed by atoms with van der Waals surface area (Å²) in [5.41, 5.74) is 7.34. The van der Waals surface area contributed by atoms with Crippen LogP contribution < -0.4 is 15.4 Å². The van der Waals surface area contributed by atoms with Gasteiger partial charge in [-0.1, -0.05) is 18.2 Å². The average molecular weight is 282 g/mol. The summed E-state index contributed by atoms with van der Waals surface area (Å²) in [5.74, 6) is 1.87. The highest BCUT2D eigenvalue weighted by atomic mass is 16.5. The van der Waals surface area contributed by atoms with Crippen LogP contribution in [0.5, 0.6) is 5.75 Å². The van der Waals surface area contributed by atoms with Gasteiger partial charge in [0.15, 0.2) is 0 Å². The molecule has 1 aromatic heterocycles. The molecule has 2 aliphatic rings. The van der Waals surface area contributed by atoms with Crippen molar-refractivity contribution in [1.29, 1.82) is 0 Å². The summed E-state index contributed by atoms with van der Waals surface area (Å²) in [6, 6.07) is 8.07. The third-order valence-electron chi connectivity index (χ3n) is 4.62. The second-order valence-electron chi connectivity index (χ2n) is 5.73. The highest BCUT2D eigenvalue weighted by Crippen LogP contribution is 2.47. The third kappa shape index (κ3) is 1.96. The molecule has 2 aromatic rings. The lowest BCUT2D eigenvalue weighted by atomic mass is 9.83. The Labute approximate surface area is 123 Å². The molecule has 108 valence electrons. The predicted molar refractivity (Wildman–Crippen MR) is 80.2 cm³/mol. The largest absolute Gasteiger partial charge is 0.485 e. The molecule has 21 heavy (non-hydrogen) atoms. The topological polar surface area (TPSA) is 64.3 Å². The van der Waals surface area contributed by atoms with E-state index in [1.807, 2.05) is 24.4 Å². The van der Waals surface area contributed by atoms with E-state index in [2.05, 4.69) is 20.9 Å². The molecule has 0 amide bonds. The van der Waals surface area contributed by atoms with Gasteiger partial charge in [0.05, 0.1) is 12.2 Å². The van der Waals surface area contributed by atoms with Crippen molar-refractivity contribution in [3.63, 3.8) is 0 Å². The molecular weight excluding hydrogens is 264 g/mol. The lowest BCUT2D eigenvalue weighted by Gasteiger charge is -2.41. The molecule has 1 unspecified atom stereocenters. The molecule has 0 radical (unpaired) electrons. The Morgan fingerprint density at radius 2 is 2.00 bits per heavy atom. The molecule has 5 heteroatoms. The van der Waals surface area contributed by atoms with Crippen molar-refractivity contribution in [2.45, 2.75) is 24.5 Å². The number of nitrogens with two attached hydrogens (primary N) is 1. The van der Waals surface area contributed by atoms with Crippen LogP contribution in [0.15, 0.2) is 42.9 Å². The molecule has 2 aliphatic heterocycles. The van der Waals surface area contributed by atoms with Gasteiger partial charge >= 0.3 is 0 Å². The number of piperidine rings is 1. The number of para-hydroxylation sites is 1. The maximum absolute atomic E-state index is 6.47. The first-order valence-electron chi connectivity index (χ1n) is 7.33. The number of nitrogens with zero attached hydrogens (tertiary/aromatic N) is 3. The lowest BCUT2D eigenvalue weighted by Crippen LogP contribution is -2.51. The van der Waals surface area contributed by atoms with Gasteiger partial charge < -0.3 is 15.4 Å². The Bertz CT molecular complexity index is 638. The Kier molecular flexibility index (Phi) is 2.82. The molecule has 2 N–H and O–H groups in total. The lowest BCUT2D eigenvalue weighted by molar-refractivity contribution is 0.0431. The zero-order valence-corrected chi connectivity index (χ0v) is 11.8. The molecular formula is C16H18N4O. The van der Waals surface area contributed by atoms with E-state index >= 15 is 0 Å². The summed E-state index contributed by atoms with van der Waals surface area (Å²) in [6.45, 7) is 1.78. The fourth-order valence-corrected chi connectivity index (χ4v) is 3.38. The number of aromatic nitrogens is 2. The highest BCUT2D eigenvalue weighted by molar-refractivity contribution is 5.44. The number of anilines is 1. The number of rotatable bonds is 1. The molecule has 1 atom stereocenters. The van der Waals surface area contributed by atoms with Crippen LogP contribution in [0.2, 0.25) is 0 Å². The molecule has 1 saturated heterocycles. The number of benzene rings is 1. The standard InChI is InChI=1S/C16H18N4O/c17-15-12-3-1-2-4-13(12)21-16(15)5-9-20(10-6-16)14-11-18-7-8-19-14/h1-4,7-8,11,15H,5-6,9-10,17H2. The minimum absolute atomic E-state index is 0.0438. The number of hydrogen-bond donors (Lipinski definition) is 1. The van der Waals surface area contributed by atoms with E-state index in [4.69, 9.17) is 10.5 Å². The van der Waals surface area contributed by atoms with Crippen LogP contribution in [0.4, 0.5) is 5.82 Å². The fraction of sp³-hybridized carbons (Fsp3) is 0.375. The van der Waals surface area contributed by atoms with Gasteiger partial charge in [-0.3, -0.25) is 4.98 Å². The molecule has 5 nitrogen and oxygen atoms in total. The molecule has 1 fully saturated rings. The van der Waals surface area contributed by atoms with Gasteiger partial charge in [-0.25, -0.2) is 4.98 Å². The minimum Gasteiger partial charge on any atom is -0.485 e. The molecule has 3 heterocycles. The summed E-state index contributed by atoms with van der Waals surface area (Å²) in [7, 11) is 0. The van der Waals surface area contributed by atoms with Gasteiger partial charge in [0.1, 0.15) is 17.2 Å². The molecule has 4 rings (SSSR count). The smallest absolute Gasteiger partial charge is 0.147 e. The Balaban J connectivity index is 1.54. The van der Waals surface area contributed by atoms with Crippen LogP contribution in [0.25, 0.3) is 0 Å². The summed E-state index contributed by atoms with van der Waals surface area (Å²) in [4.78, 5) is 10.8. The van der Waals surface area contributed by atoms with Crippen LogP contribution in [0.3, 0.4) is 0 Å². The highest BCUT2D eigenvalue weighted by Gasteiger charge is 2.48. The van der Waals surface area contributed by atoms with E-state index in [0.717, 1.165) is 43.1 Å². The maximum Gasteiger partial charge on any atom is 0.147 e. The molecule has 1 aromatic carbocycles. The maximum atomic E-state index is 6.47. The van der Waals surface area contributed by atoms with Crippen molar-refractivity contribution in [1.82, 2.24) is 9.97 Å². The van der Waals surface area contributed by atoms with Crippen molar-refractivity contribution in [2.24, 2.45) is 5.73 Å².